The van der Waals surface area contributed by atoms with Crippen LogP contribution >= 0.6 is 22.9 Å². The van der Waals surface area contributed by atoms with Crippen LogP contribution < -0.4 is 10.6 Å². The highest BCUT2D eigenvalue weighted by atomic mass is 35.5. The van der Waals surface area contributed by atoms with Gasteiger partial charge in [-0.25, -0.2) is 0 Å². The molecule has 1 heterocycles. The number of hydrogen-bond donors (Lipinski definition) is 2. The van der Waals surface area contributed by atoms with Gasteiger partial charge >= 0.3 is 0 Å². The first-order valence-electron chi connectivity index (χ1n) is 7.20. The molecule has 1 aromatic heterocycles. The summed E-state index contributed by atoms with van der Waals surface area (Å²) in [5.41, 5.74) is 1.06. The van der Waals surface area contributed by atoms with Crippen molar-refractivity contribution < 1.29 is 9.59 Å². The molecule has 0 aliphatic rings. The quantitative estimate of drug-likeness (QED) is 0.737. The molecule has 2 amide bonds. The molecule has 0 unspecified atom stereocenters. The molecular formula is C17H17ClN2O2S. The SMILES string of the molecule is CCCC(=O)Nc1ccc(Cl)c(NC(=O)/C=C/c2cccs2)c1. The fraction of sp³-hybridized carbons (Fsp3) is 0.176. The van der Waals surface area contributed by atoms with Gasteiger partial charge in [0.15, 0.2) is 0 Å². The average Bonchev–Trinajstić information content (AvgIpc) is 3.02. The molecular weight excluding hydrogens is 332 g/mol. The molecule has 23 heavy (non-hydrogen) atoms. The second kappa shape index (κ2) is 8.50. The lowest BCUT2D eigenvalue weighted by Crippen LogP contribution is -2.12. The minimum absolute atomic E-state index is 0.0651. The fourth-order valence-corrected chi connectivity index (χ4v) is 2.65. The maximum Gasteiger partial charge on any atom is 0.248 e. The summed E-state index contributed by atoms with van der Waals surface area (Å²) < 4.78 is 0. The average molecular weight is 349 g/mol. The van der Waals surface area contributed by atoms with Gasteiger partial charge in [0.2, 0.25) is 11.8 Å². The molecule has 0 radical (unpaired) electrons. The van der Waals surface area contributed by atoms with E-state index < -0.39 is 0 Å². The predicted molar refractivity (Wildman–Crippen MR) is 97.0 cm³/mol. The van der Waals surface area contributed by atoms with E-state index in [0.29, 0.717) is 22.8 Å². The van der Waals surface area contributed by atoms with E-state index in [4.69, 9.17) is 11.6 Å². The molecule has 2 aromatic rings. The minimum Gasteiger partial charge on any atom is -0.326 e. The van der Waals surface area contributed by atoms with Gasteiger partial charge in [-0.3, -0.25) is 9.59 Å². The molecule has 0 aliphatic heterocycles. The predicted octanol–water partition coefficient (Wildman–Crippen LogP) is 4.79. The number of anilines is 2. The Morgan fingerprint density at radius 2 is 2.09 bits per heavy atom. The molecule has 120 valence electrons. The van der Waals surface area contributed by atoms with Crippen LogP contribution in [0.2, 0.25) is 5.02 Å². The molecule has 6 heteroatoms. The van der Waals surface area contributed by atoms with Crippen molar-refractivity contribution in [3.8, 4) is 0 Å². The van der Waals surface area contributed by atoms with Crippen LogP contribution in [-0.2, 0) is 9.59 Å². The lowest BCUT2D eigenvalue weighted by atomic mass is 10.2. The normalized spacial score (nSPS) is 10.7. The van der Waals surface area contributed by atoms with Gasteiger partial charge in [-0.05, 0) is 42.1 Å². The number of nitrogens with one attached hydrogen (secondary N) is 2. The Balaban J connectivity index is 2.03. The van der Waals surface area contributed by atoms with E-state index in [1.807, 2.05) is 24.4 Å². The molecule has 2 N–H and O–H groups in total. The van der Waals surface area contributed by atoms with Crippen molar-refractivity contribution in [1.29, 1.82) is 0 Å². The van der Waals surface area contributed by atoms with Gasteiger partial charge in [-0.2, -0.15) is 0 Å². The molecule has 2 rings (SSSR count). The molecule has 0 fully saturated rings. The zero-order chi connectivity index (χ0) is 16.7. The number of thiophene rings is 1. The highest BCUT2D eigenvalue weighted by molar-refractivity contribution is 7.10. The minimum atomic E-state index is -0.280. The largest absolute Gasteiger partial charge is 0.326 e. The number of carbonyl (C=O) groups is 2. The van der Waals surface area contributed by atoms with Gasteiger partial charge in [0.1, 0.15) is 0 Å². The van der Waals surface area contributed by atoms with E-state index in [-0.39, 0.29) is 11.8 Å². The Morgan fingerprint density at radius 1 is 1.26 bits per heavy atom. The van der Waals surface area contributed by atoms with Gasteiger partial charge in [0, 0.05) is 23.1 Å². The van der Waals surface area contributed by atoms with Crippen molar-refractivity contribution in [3.63, 3.8) is 0 Å². The Morgan fingerprint density at radius 3 is 2.78 bits per heavy atom. The second-order valence-electron chi connectivity index (χ2n) is 4.83. The van der Waals surface area contributed by atoms with E-state index in [1.54, 1.807) is 35.6 Å². The van der Waals surface area contributed by atoms with E-state index in [0.717, 1.165) is 11.3 Å². The van der Waals surface area contributed by atoms with Crippen LogP contribution in [-0.4, -0.2) is 11.8 Å². The zero-order valence-electron chi connectivity index (χ0n) is 12.6. The lowest BCUT2D eigenvalue weighted by Gasteiger charge is -2.09. The standard InChI is InChI=1S/C17H17ClN2O2S/c1-2-4-16(21)19-12-6-8-14(18)15(11-12)20-17(22)9-7-13-5-3-10-23-13/h3,5-11H,2,4H2,1H3,(H,19,21)(H,20,22)/b9-7+. The Bertz CT molecular complexity index is 711. The first kappa shape index (κ1) is 17.2. The van der Waals surface area contributed by atoms with Gasteiger partial charge in [0.05, 0.1) is 10.7 Å². The number of amides is 2. The van der Waals surface area contributed by atoms with Crippen LogP contribution in [0.5, 0.6) is 0 Å². The highest BCUT2D eigenvalue weighted by Crippen LogP contribution is 2.26. The number of rotatable bonds is 6. The maximum absolute atomic E-state index is 12.0. The summed E-state index contributed by atoms with van der Waals surface area (Å²) in [7, 11) is 0. The van der Waals surface area contributed by atoms with Crippen LogP contribution in [0.4, 0.5) is 11.4 Å². The molecule has 4 nitrogen and oxygen atoms in total. The third kappa shape index (κ3) is 5.54. The number of halogens is 1. The Labute approximate surface area is 144 Å². The summed E-state index contributed by atoms with van der Waals surface area (Å²) in [6.07, 6.45) is 4.41. The number of benzene rings is 1. The van der Waals surface area contributed by atoms with Gasteiger partial charge in [-0.15, -0.1) is 11.3 Å². The van der Waals surface area contributed by atoms with E-state index in [2.05, 4.69) is 10.6 Å². The van der Waals surface area contributed by atoms with E-state index in [1.165, 1.54) is 6.08 Å². The third-order valence-corrected chi connectivity index (χ3v) is 4.09. The van der Waals surface area contributed by atoms with Crippen molar-refractivity contribution in [2.24, 2.45) is 0 Å². The van der Waals surface area contributed by atoms with E-state index in [9.17, 15) is 9.59 Å². The molecule has 0 aliphatic carbocycles. The lowest BCUT2D eigenvalue weighted by molar-refractivity contribution is -0.116. The summed E-state index contributed by atoms with van der Waals surface area (Å²) in [6.45, 7) is 1.94. The Kier molecular flexibility index (Phi) is 6.38. The van der Waals surface area contributed by atoms with Gasteiger partial charge in [0.25, 0.3) is 0 Å². The van der Waals surface area contributed by atoms with Crippen molar-refractivity contribution >= 4 is 52.2 Å². The molecule has 0 bridgehead atoms. The topological polar surface area (TPSA) is 58.2 Å². The summed E-state index contributed by atoms with van der Waals surface area (Å²) in [5.74, 6) is -0.345. The summed E-state index contributed by atoms with van der Waals surface area (Å²) in [6, 6.07) is 8.83. The van der Waals surface area contributed by atoms with Crippen molar-refractivity contribution in [1.82, 2.24) is 0 Å². The first-order chi connectivity index (χ1) is 11.1. The molecule has 1 aromatic carbocycles. The van der Waals surface area contributed by atoms with Crippen LogP contribution in [0.3, 0.4) is 0 Å². The van der Waals surface area contributed by atoms with Crippen molar-refractivity contribution in [3.05, 3.63) is 51.7 Å². The molecule has 0 spiro atoms. The second-order valence-corrected chi connectivity index (χ2v) is 6.22. The van der Waals surface area contributed by atoms with Gasteiger partial charge < -0.3 is 10.6 Å². The first-order valence-corrected chi connectivity index (χ1v) is 8.46. The summed E-state index contributed by atoms with van der Waals surface area (Å²) in [5, 5.41) is 7.84. The smallest absolute Gasteiger partial charge is 0.248 e. The molecule has 0 saturated carbocycles. The van der Waals surface area contributed by atoms with Crippen LogP contribution in [0.15, 0.2) is 41.8 Å². The Hall–Kier alpha value is -2.11. The molecule has 0 saturated heterocycles. The zero-order valence-corrected chi connectivity index (χ0v) is 14.2. The van der Waals surface area contributed by atoms with Crippen molar-refractivity contribution in [2.45, 2.75) is 19.8 Å². The summed E-state index contributed by atoms with van der Waals surface area (Å²) in [4.78, 5) is 24.6. The van der Waals surface area contributed by atoms with Crippen LogP contribution in [0.1, 0.15) is 24.6 Å². The fourth-order valence-electron chi connectivity index (χ4n) is 1.87. The third-order valence-electron chi connectivity index (χ3n) is 2.93. The van der Waals surface area contributed by atoms with Crippen molar-refractivity contribution in [2.75, 3.05) is 10.6 Å². The van der Waals surface area contributed by atoms with E-state index >= 15 is 0 Å². The van der Waals surface area contributed by atoms with Crippen LogP contribution in [0, 0.1) is 0 Å². The number of hydrogen-bond acceptors (Lipinski definition) is 3. The summed E-state index contributed by atoms with van der Waals surface area (Å²) >= 11 is 7.64. The number of carbonyl (C=O) groups excluding carboxylic acids is 2. The highest BCUT2D eigenvalue weighted by Gasteiger charge is 2.07. The van der Waals surface area contributed by atoms with Crippen LogP contribution in [0.25, 0.3) is 6.08 Å². The molecule has 0 atom stereocenters. The maximum atomic E-state index is 12.0. The van der Waals surface area contributed by atoms with Gasteiger partial charge in [-0.1, -0.05) is 24.6 Å². The monoisotopic (exact) mass is 348 g/mol.